The number of nitrogens with zero attached hydrogens (tertiary/aromatic N) is 1. The van der Waals surface area contributed by atoms with Gasteiger partial charge in [0.05, 0.1) is 16.6 Å². The van der Waals surface area contributed by atoms with Gasteiger partial charge in [-0.05, 0) is 19.1 Å². The summed E-state index contributed by atoms with van der Waals surface area (Å²) in [5, 5.41) is 28.6. The van der Waals surface area contributed by atoms with Gasteiger partial charge in [0.25, 0.3) is 5.69 Å². The molecule has 5 nitrogen and oxygen atoms in total. The Kier molecular flexibility index (Phi) is 4.00. The Morgan fingerprint density at radius 2 is 2.25 bits per heavy atom. The predicted molar refractivity (Wildman–Crippen MR) is 57.7 cm³/mol. The van der Waals surface area contributed by atoms with E-state index in [9.17, 15) is 15.2 Å². The van der Waals surface area contributed by atoms with Crippen LogP contribution in [-0.2, 0) is 0 Å². The number of hydrogen-bond donors (Lipinski definition) is 2. The smallest absolute Gasteiger partial charge is 0.275 e. The summed E-state index contributed by atoms with van der Waals surface area (Å²) in [6.45, 7) is 1.17. The topological polar surface area (TPSA) is 83.6 Å². The number of nitro groups is 1. The zero-order valence-electron chi connectivity index (χ0n) is 8.67. The van der Waals surface area contributed by atoms with Gasteiger partial charge in [-0.15, -0.1) is 0 Å². The summed E-state index contributed by atoms with van der Waals surface area (Å²) in [7, 11) is 0. The molecule has 1 aromatic rings. The van der Waals surface area contributed by atoms with Crippen LogP contribution in [0.5, 0.6) is 0 Å². The van der Waals surface area contributed by atoms with Gasteiger partial charge < -0.3 is 10.2 Å². The molecule has 0 fully saturated rings. The first kappa shape index (κ1) is 12.2. The highest BCUT2D eigenvalue weighted by Gasteiger charge is 2.17. The average Bonchev–Trinajstić information content (AvgIpc) is 2.25. The second-order valence-electron chi connectivity index (χ2n) is 3.17. The predicted octanol–water partition coefficient (Wildman–Crippen LogP) is 0.992. The molecule has 0 aliphatic carbocycles. The lowest BCUT2D eigenvalue weighted by atomic mass is 10.0. The van der Waals surface area contributed by atoms with Crippen LogP contribution < -0.4 is 0 Å². The Hall–Kier alpha value is -1.90. The Morgan fingerprint density at radius 1 is 1.56 bits per heavy atom. The highest BCUT2D eigenvalue weighted by molar-refractivity contribution is 5.48. The molecule has 1 atom stereocenters. The minimum atomic E-state index is -0.934. The van der Waals surface area contributed by atoms with Crippen molar-refractivity contribution in [3.63, 3.8) is 0 Å². The molecule has 0 spiro atoms. The molecular weight excluding hydrogens is 210 g/mol. The third-order valence-corrected chi connectivity index (χ3v) is 1.99. The van der Waals surface area contributed by atoms with Crippen LogP contribution in [0.3, 0.4) is 0 Å². The summed E-state index contributed by atoms with van der Waals surface area (Å²) >= 11 is 0. The minimum absolute atomic E-state index is 0.135. The molecule has 0 radical (unpaired) electrons. The van der Waals surface area contributed by atoms with Crippen molar-refractivity contribution in [1.82, 2.24) is 0 Å². The molecule has 0 aliphatic heterocycles. The molecule has 0 saturated heterocycles. The Balaban J connectivity index is 3.22. The summed E-state index contributed by atoms with van der Waals surface area (Å²) in [5.74, 6) is 5.06. The van der Waals surface area contributed by atoms with Gasteiger partial charge in [-0.2, -0.15) is 0 Å². The summed E-state index contributed by atoms with van der Waals surface area (Å²) in [6, 6.07) is 4.22. The highest BCUT2D eigenvalue weighted by atomic mass is 16.6. The van der Waals surface area contributed by atoms with Crippen LogP contribution in [0.25, 0.3) is 0 Å². The average molecular weight is 221 g/mol. The van der Waals surface area contributed by atoms with E-state index in [0.29, 0.717) is 5.56 Å². The largest absolute Gasteiger partial charge is 0.388 e. The number of hydrogen-bond acceptors (Lipinski definition) is 4. The molecule has 1 rings (SSSR count). The number of aliphatic hydroxyl groups is 2. The minimum Gasteiger partial charge on any atom is -0.388 e. The summed E-state index contributed by atoms with van der Waals surface area (Å²) < 4.78 is 0. The second kappa shape index (κ2) is 5.26. The third-order valence-electron chi connectivity index (χ3n) is 1.99. The standard InChI is InChI=1S/C11H11NO4/c1-8(14)10-7-9(3-2-6-13)4-5-11(10)12(15)16/h4-5,7-8,13-14H,6H2,1H3. The molecule has 0 bridgehead atoms. The maximum atomic E-state index is 10.7. The van der Waals surface area contributed by atoms with Gasteiger partial charge in [0.1, 0.15) is 6.61 Å². The van der Waals surface area contributed by atoms with Crippen molar-refractivity contribution in [2.75, 3.05) is 6.61 Å². The van der Waals surface area contributed by atoms with Crippen LogP contribution in [0.15, 0.2) is 18.2 Å². The van der Waals surface area contributed by atoms with Crippen LogP contribution in [0, 0.1) is 22.0 Å². The highest BCUT2D eigenvalue weighted by Crippen LogP contribution is 2.25. The molecule has 1 aromatic carbocycles. The van der Waals surface area contributed by atoms with Crippen molar-refractivity contribution in [2.45, 2.75) is 13.0 Å². The number of benzene rings is 1. The molecule has 2 N–H and O–H groups in total. The van der Waals surface area contributed by atoms with Crippen molar-refractivity contribution in [3.8, 4) is 11.8 Å². The van der Waals surface area contributed by atoms with E-state index in [1.54, 1.807) is 0 Å². The van der Waals surface area contributed by atoms with Gasteiger partial charge >= 0.3 is 0 Å². The molecule has 1 unspecified atom stereocenters. The maximum absolute atomic E-state index is 10.7. The zero-order chi connectivity index (χ0) is 12.1. The van der Waals surface area contributed by atoms with E-state index in [4.69, 9.17) is 5.11 Å². The van der Waals surface area contributed by atoms with E-state index in [2.05, 4.69) is 11.8 Å². The first-order valence-electron chi connectivity index (χ1n) is 4.62. The lowest BCUT2D eigenvalue weighted by molar-refractivity contribution is -0.386. The van der Waals surface area contributed by atoms with Gasteiger partial charge in [0.15, 0.2) is 0 Å². The fourth-order valence-electron chi connectivity index (χ4n) is 1.27. The lowest BCUT2D eigenvalue weighted by Gasteiger charge is -2.05. The monoisotopic (exact) mass is 221 g/mol. The molecule has 0 aromatic heterocycles. The third kappa shape index (κ3) is 2.79. The van der Waals surface area contributed by atoms with Crippen LogP contribution in [0.4, 0.5) is 5.69 Å². The van der Waals surface area contributed by atoms with Gasteiger partial charge in [-0.1, -0.05) is 11.8 Å². The number of nitro benzene ring substituents is 1. The Morgan fingerprint density at radius 3 is 2.75 bits per heavy atom. The Bertz CT molecular complexity index is 457. The van der Waals surface area contributed by atoms with Crippen LogP contribution in [-0.4, -0.2) is 21.7 Å². The molecule has 16 heavy (non-hydrogen) atoms. The molecule has 0 saturated carbocycles. The maximum Gasteiger partial charge on any atom is 0.275 e. The van der Waals surface area contributed by atoms with Gasteiger partial charge in [-0.25, -0.2) is 0 Å². The fraction of sp³-hybridized carbons (Fsp3) is 0.273. The SMILES string of the molecule is CC(O)c1cc(C#CCO)ccc1[N+](=O)[O-]. The Labute approximate surface area is 92.5 Å². The van der Waals surface area contributed by atoms with E-state index < -0.39 is 11.0 Å². The van der Waals surface area contributed by atoms with E-state index >= 15 is 0 Å². The second-order valence-corrected chi connectivity index (χ2v) is 3.17. The summed E-state index contributed by atoms with van der Waals surface area (Å²) in [6.07, 6.45) is -0.934. The molecule has 0 heterocycles. The molecule has 0 amide bonds. The lowest BCUT2D eigenvalue weighted by Crippen LogP contribution is -1.99. The van der Waals surface area contributed by atoms with Gasteiger partial charge in [0, 0.05) is 11.6 Å². The molecular formula is C11H11NO4. The van der Waals surface area contributed by atoms with Crippen LogP contribution in [0.1, 0.15) is 24.2 Å². The summed E-state index contributed by atoms with van der Waals surface area (Å²) in [5.41, 5.74) is 0.606. The van der Waals surface area contributed by atoms with Gasteiger partial charge in [0.2, 0.25) is 0 Å². The first-order chi connectivity index (χ1) is 7.56. The number of rotatable bonds is 2. The van der Waals surface area contributed by atoms with E-state index in [1.807, 2.05) is 0 Å². The van der Waals surface area contributed by atoms with Crippen molar-refractivity contribution >= 4 is 5.69 Å². The van der Waals surface area contributed by atoms with Crippen molar-refractivity contribution < 1.29 is 15.1 Å². The van der Waals surface area contributed by atoms with E-state index in [-0.39, 0.29) is 17.9 Å². The molecule has 5 heteroatoms. The summed E-state index contributed by atoms with van der Waals surface area (Å²) in [4.78, 5) is 10.1. The zero-order valence-corrected chi connectivity index (χ0v) is 8.67. The normalized spacial score (nSPS) is 11.4. The van der Waals surface area contributed by atoms with Crippen molar-refractivity contribution in [3.05, 3.63) is 39.4 Å². The van der Waals surface area contributed by atoms with Crippen molar-refractivity contribution in [1.29, 1.82) is 0 Å². The molecule has 84 valence electrons. The van der Waals surface area contributed by atoms with E-state index in [1.165, 1.54) is 25.1 Å². The first-order valence-corrected chi connectivity index (χ1v) is 4.62. The van der Waals surface area contributed by atoms with Gasteiger partial charge in [-0.3, -0.25) is 10.1 Å². The quantitative estimate of drug-likeness (QED) is 0.443. The molecule has 0 aliphatic rings. The van der Waals surface area contributed by atoms with Crippen LogP contribution in [0.2, 0.25) is 0 Å². The van der Waals surface area contributed by atoms with Crippen molar-refractivity contribution in [2.24, 2.45) is 0 Å². The van der Waals surface area contributed by atoms with E-state index in [0.717, 1.165) is 0 Å². The fourth-order valence-corrected chi connectivity index (χ4v) is 1.27. The number of aliphatic hydroxyl groups excluding tert-OH is 2. The van der Waals surface area contributed by atoms with Crippen LogP contribution >= 0.6 is 0 Å².